The molecule has 27 heavy (non-hydrogen) atoms. The smallest absolute Gasteiger partial charge is 0.258 e. The highest BCUT2D eigenvalue weighted by atomic mass is 28.4. The maximum atomic E-state index is 14.6. The molecule has 0 unspecified atom stereocenters. The van der Waals surface area contributed by atoms with E-state index in [2.05, 4.69) is 0 Å². The van der Waals surface area contributed by atoms with Crippen LogP contribution in [0.25, 0.3) is 10.8 Å². The van der Waals surface area contributed by atoms with Gasteiger partial charge in [-0.25, -0.2) is 22.0 Å². The Bertz CT molecular complexity index is 857. The van der Waals surface area contributed by atoms with Gasteiger partial charge < -0.3 is 4.43 Å². The van der Waals surface area contributed by atoms with Crippen molar-refractivity contribution in [2.45, 2.75) is 58.2 Å². The molecule has 0 saturated heterocycles. The van der Waals surface area contributed by atoms with E-state index in [0.29, 0.717) is 0 Å². The maximum absolute atomic E-state index is 14.6. The second-order valence-corrected chi connectivity index (χ2v) is 12.9. The summed E-state index contributed by atoms with van der Waals surface area (Å²) in [5, 5.41) is -2.01. The number of benzene rings is 2. The third-order valence-corrected chi connectivity index (χ3v) is 11.1. The molecule has 0 spiro atoms. The van der Waals surface area contributed by atoms with Gasteiger partial charge in [-0.1, -0.05) is 41.5 Å². The molecule has 0 aliphatic carbocycles. The minimum Gasteiger partial charge on any atom is -0.540 e. The van der Waals surface area contributed by atoms with E-state index in [9.17, 15) is 26.3 Å². The Balaban J connectivity index is 2.95. The van der Waals surface area contributed by atoms with Gasteiger partial charge in [0.05, 0.1) is 5.39 Å². The Morgan fingerprint density at radius 2 is 1.15 bits per heavy atom. The molecule has 0 heterocycles. The van der Waals surface area contributed by atoms with Crippen molar-refractivity contribution in [2.75, 3.05) is 0 Å². The number of halogens is 6. The SMILES string of the molecule is CC(C)[Si](Oc1c(F)c(F)c(F)c2[c]c(F)c(F)c(F)c12)(C(C)C)C(C)C. The van der Waals surface area contributed by atoms with E-state index in [-0.39, 0.29) is 16.6 Å². The first-order valence-corrected chi connectivity index (χ1v) is 10.8. The fraction of sp³-hybridized carbons (Fsp3) is 0.474. The molecule has 149 valence electrons. The van der Waals surface area contributed by atoms with Gasteiger partial charge in [0, 0.05) is 11.5 Å². The van der Waals surface area contributed by atoms with Crippen molar-refractivity contribution in [2.24, 2.45) is 0 Å². The summed E-state index contributed by atoms with van der Waals surface area (Å²) in [6.07, 6.45) is 0. The zero-order valence-corrected chi connectivity index (χ0v) is 16.9. The van der Waals surface area contributed by atoms with Gasteiger partial charge in [-0.15, -0.1) is 0 Å². The van der Waals surface area contributed by atoms with Crippen LogP contribution in [0, 0.1) is 41.0 Å². The second kappa shape index (κ2) is 7.37. The summed E-state index contributed by atoms with van der Waals surface area (Å²) in [4.78, 5) is 0. The first-order valence-electron chi connectivity index (χ1n) is 8.62. The topological polar surface area (TPSA) is 9.23 Å². The summed E-state index contributed by atoms with van der Waals surface area (Å²) in [7, 11) is -2.94. The lowest BCUT2D eigenvalue weighted by molar-refractivity contribution is 0.401. The fourth-order valence-corrected chi connectivity index (χ4v) is 9.21. The molecule has 0 saturated carbocycles. The lowest BCUT2D eigenvalue weighted by Gasteiger charge is -2.42. The third-order valence-electron chi connectivity index (χ3n) is 5.11. The monoisotopic (exact) mass is 407 g/mol. The van der Waals surface area contributed by atoms with Crippen LogP contribution >= 0.6 is 0 Å². The summed E-state index contributed by atoms with van der Waals surface area (Å²) in [6, 6.07) is 1.62. The van der Waals surface area contributed by atoms with Gasteiger partial charge in [0.2, 0.25) is 5.82 Å². The van der Waals surface area contributed by atoms with E-state index >= 15 is 0 Å². The largest absolute Gasteiger partial charge is 0.540 e. The average Bonchev–Trinajstić information content (AvgIpc) is 2.57. The van der Waals surface area contributed by atoms with Crippen molar-refractivity contribution < 1.29 is 30.8 Å². The van der Waals surface area contributed by atoms with E-state index in [1.807, 2.05) is 41.5 Å². The van der Waals surface area contributed by atoms with Gasteiger partial charge in [-0.3, -0.25) is 0 Å². The van der Waals surface area contributed by atoms with Gasteiger partial charge in [-0.2, -0.15) is 4.39 Å². The molecule has 0 fully saturated rings. The molecule has 2 aromatic rings. The first kappa shape index (κ1) is 21.6. The predicted molar refractivity (Wildman–Crippen MR) is 94.2 cm³/mol. The molecule has 0 aromatic heterocycles. The maximum Gasteiger partial charge on any atom is 0.258 e. The molecule has 2 aromatic carbocycles. The third kappa shape index (κ3) is 3.21. The zero-order chi connectivity index (χ0) is 20.8. The summed E-state index contributed by atoms with van der Waals surface area (Å²) < 4.78 is 90.4. The highest BCUT2D eigenvalue weighted by molar-refractivity contribution is 6.78. The van der Waals surface area contributed by atoms with Crippen molar-refractivity contribution >= 4 is 19.1 Å². The lowest BCUT2D eigenvalue weighted by Crippen LogP contribution is -2.51. The van der Waals surface area contributed by atoms with Crippen LogP contribution in [0.5, 0.6) is 5.75 Å². The number of fused-ring (bicyclic) bond motifs is 1. The van der Waals surface area contributed by atoms with Gasteiger partial charge in [0.15, 0.2) is 34.8 Å². The molecule has 0 aliphatic rings. The molecule has 0 atom stereocenters. The van der Waals surface area contributed by atoms with Crippen molar-refractivity contribution in [3.05, 3.63) is 41.0 Å². The van der Waals surface area contributed by atoms with E-state index < -0.39 is 59.7 Å². The Morgan fingerprint density at radius 1 is 0.667 bits per heavy atom. The molecule has 2 rings (SSSR count). The minimum atomic E-state index is -2.94. The first-order chi connectivity index (χ1) is 12.4. The van der Waals surface area contributed by atoms with E-state index in [4.69, 9.17) is 4.43 Å². The van der Waals surface area contributed by atoms with Gasteiger partial charge >= 0.3 is 0 Å². The Morgan fingerprint density at radius 3 is 1.59 bits per heavy atom. The highest BCUT2D eigenvalue weighted by Gasteiger charge is 2.48. The highest BCUT2D eigenvalue weighted by Crippen LogP contribution is 2.46. The average molecular weight is 407 g/mol. The van der Waals surface area contributed by atoms with Crippen LogP contribution in [-0.2, 0) is 0 Å². The van der Waals surface area contributed by atoms with Crippen LogP contribution in [0.3, 0.4) is 0 Å². The molecule has 0 aliphatic heterocycles. The van der Waals surface area contributed by atoms with Crippen molar-refractivity contribution in [1.29, 1.82) is 0 Å². The standard InChI is InChI=1S/C19H21F6OSi/c1-8(2)27(9(3)4,10(5)6)26-19-13-11(14(21)17(24)18(19)25)7-12(20)15(22)16(13)23/h8-10H,1-6H3. The summed E-state index contributed by atoms with van der Waals surface area (Å²) in [5.74, 6) is -12.1. The van der Waals surface area contributed by atoms with Gasteiger partial charge in [0.1, 0.15) is 0 Å². The van der Waals surface area contributed by atoms with E-state index in [1.165, 1.54) is 0 Å². The quantitative estimate of drug-likeness (QED) is 0.294. The van der Waals surface area contributed by atoms with Crippen molar-refractivity contribution in [3.63, 3.8) is 0 Å². The lowest BCUT2D eigenvalue weighted by atomic mass is 10.1. The Hall–Kier alpha value is -1.70. The second-order valence-electron chi connectivity index (χ2n) is 7.51. The van der Waals surface area contributed by atoms with Crippen LogP contribution in [0.15, 0.2) is 0 Å². The summed E-state index contributed by atoms with van der Waals surface area (Å²) in [6.45, 7) is 11.1. The number of rotatable bonds is 5. The Labute approximate surface area is 155 Å². The molecule has 0 N–H and O–H groups in total. The fourth-order valence-electron chi connectivity index (χ4n) is 3.96. The zero-order valence-electron chi connectivity index (χ0n) is 15.9. The predicted octanol–water partition coefficient (Wildman–Crippen LogP) is 7.03. The van der Waals surface area contributed by atoms with Crippen LogP contribution in [0.1, 0.15) is 41.5 Å². The van der Waals surface area contributed by atoms with Crippen molar-refractivity contribution in [1.82, 2.24) is 0 Å². The molecular weight excluding hydrogens is 386 g/mol. The molecule has 1 nitrogen and oxygen atoms in total. The van der Waals surface area contributed by atoms with Gasteiger partial charge in [0.25, 0.3) is 8.32 Å². The van der Waals surface area contributed by atoms with Crippen LogP contribution < -0.4 is 4.43 Å². The van der Waals surface area contributed by atoms with Crippen LogP contribution in [-0.4, -0.2) is 8.32 Å². The number of hydrogen-bond donors (Lipinski definition) is 0. The van der Waals surface area contributed by atoms with Crippen molar-refractivity contribution in [3.8, 4) is 5.75 Å². The molecule has 0 amide bonds. The molecular formula is C19H21F6OSi. The molecule has 8 heteroatoms. The van der Waals surface area contributed by atoms with E-state index in [0.717, 1.165) is 0 Å². The van der Waals surface area contributed by atoms with Crippen LogP contribution in [0.2, 0.25) is 16.6 Å². The summed E-state index contributed by atoms with van der Waals surface area (Å²) in [5.41, 5.74) is -0.341. The molecule has 0 bridgehead atoms. The Kier molecular flexibility index (Phi) is 5.90. The van der Waals surface area contributed by atoms with Crippen LogP contribution in [0.4, 0.5) is 26.3 Å². The number of hydrogen-bond acceptors (Lipinski definition) is 1. The van der Waals surface area contributed by atoms with E-state index in [1.54, 1.807) is 6.07 Å². The van der Waals surface area contributed by atoms with Gasteiger partial charge in [-0.05, 0) is 16.6 Å². The summed E-state index contributed by atoms with van der Waals surface area (Å²) >= 11 is 0. The normalized spacial score (nSPS) is 12.7. The minimum absolute atomic E-state index is 0.114. The molecule has 1 radical (unpaired) electrons.